The van der Waals surface area contributed by atoms with E-state index in [4.69, 9.17) is 0 Å². The Morgan fingerprint density at radius 3 is 2.92 bits per heavy atom. The molecule has 0 aliphatic heterocycles. The van der Waals surface area contributed by atoms with Crippen LogP contribution in [0.3, 0.4) is 0 Å². The fourth-order valence-corrected chi connectivity index (χ4v) is 1.00. The maximum Gasteiger partial charge on any atom is 0.0357 e. The summed E-state index contributed by atoms with van der Waals surface area (Å²) >= 11 is 0. The summed E-state index contributed by atoms with van der Waals surface area (Å²) in [5, 5.41) is 3.35. The molecule has 0 aliphatic carbocycles. The van der Waals surface area contributed by atoms with Crippen LogP contribution in [0.5, 0.6) is 0 Å². The number of aromatic amines is 1. The molecule has 0 amide bonds. The van der Waals surface area contributed by atoms with E-state index in [0.29, 0.717) is 0 Å². The minimum atomic E-state index is 0.931. The van der Waals surface area contributed by atoms with Crippen LogP contribution in [-0.2, 0) is 6.54 Å². The zero-order chi connectivity index (χ0) is 8.81. The Labute approximate surface area is 73.8 Å². The van der Waals surface area contributed by atoms with Gasteiger partial charge in [0, 0.05) is 31.5 Å². The number of hydrogen-bond donors (Lipinski definition) is 2. The minimum Gasteiger partial charge on any atom is -0.364 e. The van der Waals surface area contributed by atoms with E-state index in [0.717, 1.165) is 19.6 Å². The van der Waals surface area contributed by atoms with E-state index in [9.17, 15) is 0 Å². The van der Waals surface area contributed by atoms with E-state index < -0.39 is 0 Å². The Balaban J connectivity index is 2.04. The molecule has 3 nitrogen and oxygen atoms in total. The van der Waals surface area contributed by atoms with Gasteiger partial charge in [-0.25, -0.2) is 0 Å². The highest BCUT2D eigenvalue weighted by Gasteiger charge is 1.92. The molecule has 0 fully saturated rings. The molecule has 1 aromatic rings. The van der Waals surface area contributed by atoms with E-state index in [1.807, 2.05) is 12.3 Å². The van der Waals surface area contributed by atoms with E-state index in [2.05, 4.69) is 35.4 Å². The first-order valence-electron chi connectivity index (χ1n) is 4.27. The van der Waals surface area contributed by atoms with Crippen molar-refractivity contribution in [1.29, 1.82) is 0 Å². The molecule has 68 valence electrons. The lowest BCUT2D eigenvalue weighted by atomic mass is 10.4. The van der Waals surface area contributed by atoms with Crippen molar-refractivity contribution in [2.24, 2.45) is 0 Å². The Bertz CT molecular complexity index is 192. The summed E-state index contributed by atoms with van der Waals surface area (Å²) in [4.78, 5) is 5.32. The van der Waals surface area contributed by atoms with Crippen molar-refractivity contribution in [1.82, 2.24) is 15.2 Å². The number of hydrogen-bond acceptors (Lipinski definition) is 2. The molecule has 2 N–H and O–H groups in total. The molecule has 12 heavy (non-hydrogen) atoms. The lowest BCUT2D eigenvalue weighted by Gasteiger charge is -2.09. The number of nitrogens with zero attached hydrogens (tertiary/aromatic N) is 1. The number of rotatable bonds is 5. The zero-order valence-corrected chi connectivity index (χ0v) is 7.80. The highest BCUT2D eigenvalue weighted by molar-refractivity contribution is 5.02. The summed E-state index contributed by atoms with van der Waals surface area (Å²) in [5.74, 6) is 0. The van der Waals surface area contributed by atoms with Crippen LogP contribution in [0.1, 0.15) is 5.69 Å². The molecule has 0 unspecified atom stereocenters. The van der Waals surface area contributed by atoms with Crippen LogP contribution in [0.15, 0.2) is 18.3 Å². The maximum atomic E-state index is 3.35. The predicted molar refractivity (Wildman–Crippen MR) is 51.1 cm³/mol. The number of H-pyrrole nitrogens is 1. The van der Waals surface area contributed by atoms with Crippen LogP contribution >= 0.6 is 0 Å². The first-order chi connectivity index (χ1) is 5.79. The van der Waals surface area contributed by atoms with Gasteiger partial charge in [-0.05, 0) is 26.2 Å². The molecule has 1 aromatic heterocycles. The largest absolute Gasteiger partial charge is 0.364 e. The second-order valence-electron chi connectivity index (χ2n) is 3.18. The van der Waals surface area contributed by atoms with Gasteiger partial charge in [-0.2, -0.15) is 0 Å². The number of aromatic nitrogens is 1. The van der Waals surface area contributed by atoms with Gasteiger partial charge < -0.3 is 15.2 Å². The van der Waals surface area contributed by atoms with Crippen LogP contribution in [0.4, 0.5) is 0 Å². The maximum absolute atomic E-state index is 3.35. The highest BCUT2D eigenvalue weighted by atomic mass is 15.1. The average Bonchev–Trinajstić information content (AvgIpc) is 2.49. The molecular weight excluding hydrogens is 150 g/mol. The topological polar surface area (TPSA) is 31.1 Å². The van der Waals surface area contributed by atoms with Gasteiger partial charge in [-0.15, -0.1) is 0 Å². The molecule has 0 saturated heterocycles. The van der Waals surface area contributed by atoms with Crippen LogP contribution in [0.2, 0.25) is 0 Å². The molecule has 0 radical (unpaired) electrons. The fourth-order valence-electron chi connectivity index (χ4n) is 1.00. The number of likely N-dealkylation sites (N-methyl/N-ethyl adjacent to an activating group) is 1. The zero-order valence-electron chi connectivity index (χ0n) is 7.80. The van der Waals surface area contributed by atoms with Crippen molar-refractivity contribution in [3.63, 3.8) is 0 Å². The minimum absolute atomic E-state index is 0.931. The van der Waals surface area contributed by atoms with E-state index in [1.165, 1.54) is 5.69 Å². The van der Waals surface area contributed by atoms with Crippen LogP contribution in [0.25, 0.3) is 0 Å². The van der Waals surface area contributed by atoms with Crippen molar-refractivity contribution < 1.29 is 0 Å². The second kappa shape index (κ2) is 4.95. The molecule has 0 spiro atoms. The molecule has 0 atom stereocenters. The van der Waals surface area contributed by atoms with Gasteiger partial charge in [0.05, 0.1) is 0 Å². The monoisotopic (exact) mass is 167 g/mol. The quantitative estimate of drug-likeness (QED) is 0.631. The first-order valence-corrected chi connectivity index (χ1v) is 4.27. The Morgan fingerprint density at radius 2 is 2.33 bits per heavy atom. The molecule has 3 heteroatoms. The summed E-state index contributed by atoms with van der Waals surface area (Å²) in [6.07, 6.45) is 1.95. The second-order valence-corrected chi connectivity index (χ2v) is 3.18. The standard InChI is InChI=1S/C9H17N3/c1-12(2)7-6-10-8-9-4-3-5-11-9/h3-5,10-11H,6-8H2,1-2H3. The van der Waals surface area contributed by atoms with Crippen LogP contribution in [0, 0.1) is 0 Å². The van der Waals surface area contributed by atoms with Crippen LogP contribution in [-0.4, -0.2) is 37.1 Å². The molecule has 1 heterocycles. The summed E-state index contributed by atoms with van der Waals surface area (Å²) in [6.45, 7) is 3.05. The summed E-state index contributed by atoms with van der Waals surface area (Å²) in [6, 6.07) is 4.10. The summed E-state index contributed by atoms with van der Waals surface area (Å²) < 4.78 is 0. The molecule has 0 bridgehead atoms. The van der Waals surface area contributed by atoms with Crippen molar-refractivity contribution in [3.05, 3.63) is 24.0 Å². The van der Waals surface area contributed by atoms with Crippen molar-refractivity contribution in [3.8, 4) is 0 Å². The van der Waals surface area contributed by atoms with Gasteiger partial charge >= 0.3 is 0 Å². The highest BCUT2D eigenvalue weighted by Crippen LogP contribution is 1.91. The van der Waals surface area contributed by atoms with E-state index in [-0.39, 0.29) is 0 Å². The van der Waals surface area contributed by atoms with Gasteiger partial charge in [0.2, 0.25) is 0 Å². The van der Waals surface area contributed by atoms with Crippen molar-refractivity contribution in [2.45, 2.75) is 6.54 Å². The lowest BCUT2D eigenvalue weighted by molar-refractivity contribution is 0.399. The number of nitrogens with one attached hydrogen (secondary N) is 2. The molecule has 0 aliphatic rings. The molecule has 1 rings (SSSR count). The van der Waals surface area contributed by atoms with Gasteiger partial charge in [-0.1, -0.05) is 0 Å². The van der Waals surface area contributed by atoms with Gasteiger partial charge in [0.15, 0.2) is 0 Å². The van der Waals surface area contributed by atoms with E-state index >= 15 is 0 Å². The average molecular weight is 167 g/mol. The first kappa shape index (κ1) is 9.29. The van der Waals surface area contributed by atoms with Crippen LogP contribution < -0.4 is 5.32 Å². The molecule has 0 saturated carbocycles. The SMILES string of the molecule is CN(C)CCNCc1ccc[nH]1. The molecular formula is C9H17N3. The Morgan fingerprint density at radius 1 is 1.50 bits per heavy atom. The van der Waals surface area contributed by atoms with Crippen molar-refractivity contribution >= 4 is 0 Å². The molecule has 0 aromatic carbocycles. The predicted octanol–water partition coefficient (Wildman–Crippen LogP) is 0.666. The summed E-state index contributed by atoms with van der Waals surface area (Å²) in [7, 11) is 4.16. The van der Waals surface area contributed by atoms with Gasteiger partial charge in [0.25, 0.3) is 0 Å². The third kappa shape index (κ3) is 3.55. The van der Waals surface area contributed by atoms with Gasteiger partial charge in [0.1, 0.15) is 0 Å². The third-order valence-electron chi connectivity index (χ3n) is 1.71. The third-order valence-corrected chi connectivity index (χ3v) is 1.71. The Kier molecular flexibility index (Phi) is 3.84. The van der Waals surface area contributed by atoms with Crippen molar-refractivity contribution in [2.75, 3.05) is 27.2 Å². The van der Waals surface area contributed by atoms with Gasteiger partial charge in [-0.3, -0.25) is 0 Å². The normalized spacial score (nSPS) is 10.9. The summed E-state index contributed by atoms with van der Waals surface area (Å²) in [5.41, 5.74) is 1.24. The smallest absolute Gasteiger partial charge is 0.0357 e. The lowest BCUT2D eigenvalue weighted by Crippen LogP contribution is -2.26. The Hall–Kier alpha value is -0.800. The fraction of sp³-hybridized carbons (Fsp3) is 0.556. The van der Waals surface area contributed by atoms with E-state index in [1.54, 1.807) is 0 Å².